The summed E-state index contributed by atoms with van der Waals surface area (Å²) < 4.78 is 0. The van der Waals surface area contributed by atoms with Crippen LogP contribution in [0, 0.1) is 0 Å². The highest BCUT2D eigenvalue weighted by atomic mass is 16.2. The van der Waals surface area contributed by atoms with E-state index in [4.69, 9.17) is 0 Å². The molecule has 19 heavy (non-hydrogen) atoms. The van der Waals surface area contributed by atoms with Gasteiger partial charge in [-0.15, -0.1) is 0 Å². The topological polar surface area (TPSA) is 62.3 Å². The van der Waals surface area contributed by atoms with Crippen LogP contribution >= 0.6 is 0 Å². The van der Waals surface area contributed by atoms with E-state index in [0.29, 0.717) is 17.9 Å². The smallest absolute Gasteiger partial charge is 0.253 e. The van der Waals surface area contributed by atoms with Crippen molar-refractivity contribution in [2.45, 2.75) is 26.4 Å². The molecular weight excluding hydrogens is 242 g/mol. The first-order chi connectivity index (χ1) is 9.02. The van der Waals surface area contributed by atoms with Crippen LogP contribution in [0.3, 0.4) is 0 Å². The molecule has 0 unspecified atom stereocenters. The molecule has 0 amide bonds. The number of aromatic nitrogens is 1. The van der Waals surface area contributed by atoms with Crippen LogP contribution in [0.5, 0.6) is 0 Å². The molecule has 100 valence electrons. The molecule has 0 saturated carbocycles. The van der Waals surface area contributed by atoms with Gasteiger partial charge in [0.15, 0.2) is 0 Å². The first-order valence-electron chi connectivity index (χ1n) is 6.21. The van der Waals surface area contributed by atoms with Crippen LogP contribution in [0.25, 0.3) is 0 Å². The molecule has 0 bridgehead atoms. The highest BCUT2D eigenvalue weighted by molar-refractivity contribution is 5.75. The first kappa shape index (κ1) is 13.3. The summed E-state index contributed by atoms with van der Waals surface area (Å²) in [6.07, 6.45) is 3.39. The monoisotopic (exact) mass is 259 g/mol. The summed E-state index contributed by atoms with van der Waals surface area (Å²) in [5.41, 5.74) is 1.07. The van der Waals surface area contributed by atoms with E-state index in [9.17, 15) is 9.59 Å². The summed E-state index contributed by atoms with van der Waals surface area (Å²) in [4.78, 5) is 29.0. The zero-order chi connectivity index (χ0) is 14.0. The van der Waals surface area contributed by atoms with Crippen LogP contribution in [0.15, 0.2) is 34.1 Å². The van der Waals surface area contributed by atoms with Crippen LogP contribution in [0.1, 0.15) is 19.4 Å². The maximum absolute atomic E-state index is 11.6. The van der Waals surface area contributed by atoms with Crippen molar-refractivity contribution in [1.29, 1.82) is 0 Å². The van der Waals surface area contributed by atoms with E-state index < -0.39 is 10.9 Å². The summed E-state index contributed by atoms with van der Waals surface area (Å²) in [5.74, 6) is 0. The van der Waals surface area contributed by atoms with Gasteiger partial charge in [0.1, 0.15) is 11.4 Å². The van der Waals surface area contributed by atoms with Crippen LogP contribution < -0.4 is 21.1 Å². The average molecular weight is 259 g/mol. The molecule has 5 nitrogen and oxygen atoms in total. The normalized spacial score (nSPS) is 10.9. The van der Waals surface area contributed by atoms with Gasteiger partial charge in [-0.2, -0.15) is 0 Å². The number of hydrogen-bond acceptors (Lipinski definition) is 5. The highest BCUT2D eigenvalue weighted by Crippen LogP contribution is 2.21. The molecule has 0 spiro atoms. The van der Waals surface area contributed by atoms with Crippen molar-refractivity contribution < 1.29 is 0 Å². The van der Waals surface area contributed by atoms with Crippen LogP contribution in [0.2, 0.25) is 0 Å². The third-order valence-electron chi connectivity index (χ3n) is 3.23. The fourth-order valence-corrected chi connectivity index (χ4v) is 1.83. The number of hydrogen-bond donors (Lipinski definition) is 1. The zero-order valence-corrected chi connectivity index (χ0v) is 11.3. The number of nitrogens with zero attached hydrogens (tertiary/aromatic N) is 2. The Morgan fingerprint density at radius 2 is 1.84 bits per heavy atom. The van der Waals surface area contributed by atoms with Crippen LogP contribution in [0.4, 0.5) is 11.4 Å². The fraction of sp³-hybridized carbons (Fsp3) is 0.357. The lowest BCUT2D eigenvalue weighted by atomic mass is 10.1. The Balaban J connectivity index is 2.16. The molecule has 0 atom stereocenters. The van der Waals surface area contributed by atoms with E-state index in [-0.39, 0.29) is 6.04 Å². The van der Waals surface area contributed by atoms with Crippen LogP contribution in [-0.4, -0.2) is 18.1 Å². The second-order valence-electron chi connectivity index (χ2n) is 4.80. The van der Waals surface area contributed by atoms with Gasteiger partial charge >= 0.3 is 0 Å². The zero-order valence-electron chi connectivity index (χ0n) is 11.3. The van der Waals surface area contributed by atoms with Gasteiger partial charge in [-0.3, -0.25) is 14.6 Å². The third-order valence-corrected chi connectivity index (χ3v) is 3.23. The van der Waals surface area contributed by atoms with Crippen LogP contribution in [-0.2, 0) is 6.54 Å². The second kappa shape index (κ2) is 5.22. The van der Waals surface area contributed by atoms with Crippen molar-refractivity contribution in [3.8, 4) is 0 Å². The van der Waals surface area contributed by atoms with E-state index >= 15 is 0 Å². The van der Waals surface area contributed by atoms with Crippen molar-refractivity contribution in [3.63, 3.8) is 0 Å². The molecule has 0 saturated heterocycles. The summed E-state index contributed by atoms with van der Waals surface area (Å²) in [5, 5.41) is 3.04. The average Bonchev–Trinajstić information content (AvgIpc) is 2.42. The minimum absolute atomic E-state index is 0.171. The third kappa shape index (κ3) is 2.50. The predicted octanol–water partition coefficient (Wildman–Crippen LogP) is 1.13. The maximum atomic E-state index is 11.6. The number of nitrogens with one attached hydrogen (secondary N) is 1. The van der Waals surface area contributed by atoms with Crippen molar-refractivity contribution in [1.82, 2.24) is 4.98 Å². The Morgan fingerprint density at radius 1 is 1.21 bits per heavy atom. The molecular formula is C14H17N3O2. The quantitative estimate of drug-likeness (QED) is 0.816. The van der Waals surface area contributed by atoms with E-state index in [1.54, 1.807) is 12.4 Å². The van der Waals surface area contributed by atoms with Gasteiger partial charge in [-0.25, -0.2) is 0 Å². The predicted molar refractivity (Wildman–Crippen MR) is 76.5 cm³/mol. The molecule has 2 aromatic rings. The molecule has 1 heterocycles. The van der Waals surface area contributed by atoms with Gasteiger partial charge in [0.05, 0.1) is 0 Å². The summed E-state index contributed by atoms with van der Waals surface area (Å²) >= 11 is 0. The Kier molecular flexibility index (Phi) is 3.64. The lowest BCUT2D eigenvalue weighted by Gasteiger charge is -2.27. The second-order valence-corrected chi connectivity index (χ2v) is 4.80. The summed E-state index contributed by atoms with van der Waals surface area (Å²) in [7, 11) is 1.82. The fourth-order valence-electron chi connectivity index (χ4n) is 1.83. The molecule has 1 aromatic heterocycles. The minimum atomic E-state index is -0.434. The Bertz CT molecular complexity index is 628. The summed E-state index contributed by atoms with van der Waals surface area (Å²) in [6, 6.07) is 3.90. The largest absolute Gasteiger partial charge is 0.376 e. The number of pyridine rings is 1. The number of rotatable bonds is 5. The van der Waals surface area contributed by atoms with Crippen molar-refractivity contribution in [2.75, 3.05) is 17.3 Å². The van der Waals surface area contributed by atoms with Gasteiger partial charge in [-0.1, -0.05) is 0 Å². The standard InChI is InChI=1S/C14H17N3O2/c1-9(2)17(3)12-11(13(18)14(12)19)16-8-10-4-6-15-7-5-10/h4-7,9,16H,8H2,1-3H3. The first-order valence-corrected chi connectivity index (χ1v) is 6.21. The van der Waals surface area contributed by atoms with Crippen molar-refractivity contribution >= 4 is 11.4 Å². The molecule has 1 N–H and O–H groups in total. The van der Waals surface area contributed by atoms with Gasteiger partial charge in [0.2, 0.25) is 0 Å². The molecule has 5 heteroatoms. The Labute approximate surface area is 111 Å². The number of anilines is 2. The summed E-state index contributed by atoms with van der Waals surface area (Å²) in [6.45, 7) is 4.46. The van der Waals surface area contributed by atoms with Crippen molar-refractivity contribution in [2.24, 2.45) is 0 Å². The minimum Gasteiger partial charge on any atom is -0.376 e. The SMILES string of the molecule is CC(C)N(C)c1c(NCc2ccncc2)c(=O)c1=O. The van der Waals surface area contributed by atoms with E-state index in [1.807, 2.05) is 37.9 Å². The lowest BCUT2D eigenvalue weighted by molar-refractivity contribution is 0.748. The lowest BCUT2D eigenvalue weighted by Crippen LogP contribution is -2.43. The van der Waals surface area contributed by atoms with E-state index in [1.165, 1.54) is 0 Å². The molecule has 0 aliphatic carbocycles. The molecule has 0 aliphatic heterocycles. The molecule has 0 aliphatic rings. The van der Waals surface area contributed by atoms with Gasteiger partial charge in [-0.05, 0) is 31.5 Å². The van der Waals surface area contributed by atoms with E-state index in [2.05, 4.69) is 10.3 Å². The molecule has 0 radical (unpaired) electrons. The van der Waals surface area contributed by atoms with Gasteiger partial charge in [0.25, 0.3) is 10.9 Å². The van der Waals surface area contributed by atoms with Crippen molar-refractivity contribution in [3.05, 3.63) is 50.5 Å². The highest BCUT2D eigenvalue weighted by Gasteiger charge is 2.24. The van der Waals surface area contributed by atoms with Gasteiger partial charge < -0.3 is 10.2 Å². The van der Waals surface area contributed by atoms with E-state index in [0.717, 1.165) is 5.56 Å². The molecule has 2 rings (SSSR count). The Hall–Kier alpha value is -2.17. The Morgan fingerprint density at radius 3 is 2.42 bits per heavy atom. The molecule has 1 aromatic carbocycles. The molecule has 0 fully saturated rings. The maximum Gasteiger partial charge on any atom is 0.253 e. The van der Waals surface area contributed by atoms with Gasteiger partial charge in [0, 0.05) is 32.0 Å².